The molecule has 0 nitrogen and oxygen atoms in total. The van der Waals surface area contributed by atoms with E-state index in [9.17, 15) is 0 Å². The van der Waals surface area contributed by atoms with Crippen LogP contribution in [-0.4, -0.2) is 86.6 Å². The Hall–Kier alpha value is 3.45. The lowest BCUT2D eigenvalue weighted by Crippen LogP contribution is -2.86. The maximum Gasteiger partial charge on any atom is 0.221 e. The molecular weight excluding hydrogens is 609 g/mol. The van der Waals surface area contributed by atoms with Crippen molar-refractivity contribution in [2.75, 3.05) is 56.3 Å². The van der Waals surface area contributed by atoms with E-state index in [1.165, 1.54) is 0 Å². The molecule has 0 unspecified atom stereocenters. The zero-order valence-corrected chi connectivity index (χ0v) is 30.9. The van der Waals surface area contributed by atoms with Gasteiger partial charge < -0.3 is 0 Å². The summed E-state index contributed by atoms with van der Waals surface area (Å²) in [4.78, 5) is 0. The molecular formula is C15H32S9Si5. The lowest BCUT2D eigenvalue weighted by atomic mass is 10.4. The Labute approximate surface area is 220 Å². The summed E-state index contributed by atoms with van der Waals surface area (Å²) < 4.78 is 0. The highest BCUT2D eigenvalue weighted by Crippen LogP contribution is 2.64. The molecule has 0 spiro atoms. The van der Waals surface area contributed by atoms with Gasteiger partial charge in [0, 0.05) is 0 Å². The molecule has 0 saturated carbocycles. The maximum atomic E-state index is 2.46. The van der Waals surface area contributed by atoms with E-state index in [1.807, 2.05) is 0 Å². The van der Waals surface area contributed by atoms with Gasteiger partial charge in [-0.05, 0) is 56.3 Å². The third kappa shape index (κ3) is 5.50. The van der Waals surface area contributed by atoms with Gasteiger partial charge in [-0.1, -0.05) is 35.5 Å². The highest BCUT2D eigenvalue weighted by Gasteiger charge is 2.78. The quantitative estimate of drug-likeness (QED) is 0.214. The largest absolute Gasteiger partial charge is 0.221 e. The van der Waals surface area contributed by atoms with Gasteiger partial charge in [0.1, 0.15) is 6.14 Å². The van der Waals surface area contributed by atoms with Gasteiger partial charge in [0.05, 0.1) is 9.04 Å². The van der Waals surface area contributed by atoms with Crippen molar-refractivity contribution in [2.24, 2.45) is 0 Å². The van der Waals surface area contributed by atoms with Crippen molar-refractivity contribution < 1.29 is 0 Å². The molecule has 0 amide bonds. The molecule has 0 bridgehead atoms. The molecule has 0 atom stereocenters. The predicted octanol–water partition coefficient (Wildman–Crippen LogP) is 6.28. The van der Waals surface area contributed by atoms with E-state index in [-0.39, 0.29) is 0 Å². The number of hydrogen-bond acceptors (Lipinski definition) is 9. The van der Waals surface area contributed by atoms with Crippen molar-refractivity contribution in [3.63, 3.8) is 0 Å². The molecule has 14 heteroatoms. The van der Waals surface area contributed by atoms with Crippen molar-refractivity contribution in [3.05, 3.63) is 30.3 Å². The molecule has 0 aliphatic heterocycles. The summed E-state index contributed by atoms with van der Waals surface area (Å²) in [5.74, 6) is 0. The molecule has 0 saturated heterocycles. The van der Waals surface area contributed by atoms with Gasteiger partial charge in [0.25, 0.3) is 0 Å². The van der Waals surface area contributed by atoms with Crippen LogP contribution in [0.2, 0.25) is 0 Å². The first kappa shape index (κ1) is 30.5. The Morgan fingerprint density at radius 2 is 0.759 bits per heavy atom. The number of rotatable bonds is 14. The van der Waals surface area contributed by atoms with Crippen LogP contribution in [0.4, 0.5) is 0 Å². The van der Waals surface area contributed by atoms with Crippen LogP contribution in [-0.2, 0) is 0 Å². The van der Waals surface area contributed by atoms with Crippen LogP contribution in [0.5, 0.6) is 0 Å². The Bertz CT molecular complexity index is 522. The molecule has 1 aromatic carbocycles. The molecule has 1 aromatic rings. The van der Waals surface area contributed by atoms with Crippen LogP contribution < -0.4 is 5.19 Å². The zero-order chi connectivity index (χ0) is 22.2. The smallest absolute Gasteiger partial charge is 0.169 e. The number of benzene rings is 1. The van der Waals surface area contributed by atoms with E-state index in [0.717, 1.165) is 9.04 Å². The minimum atomic E-state index is -1.76. The monoisotopic (exact) mass is 640 g/mol. The third-order valence-corrected chi connectivity index (χ3v) is 184. The van der Waals surface area contributed by atoms with Gasteiger partial charge >= 0.3 is 0 Å². The summed E-state index contributed by atoms with van der Waals surface area (Å²) in [5.41, 5.74) is 0. The van der Waals surface area contributed by atoms with Crippen LogP contribution in [0.25, 0.3) is 0 Å². The molecule has 0 aliphatic rings. The van der Waals surface area contributed by atoms with Crippen molar-refractivity contribution in [3.8, 4) is 0 Å². The summed E-state index contributed by atoms with van der Waals surface area (Å²) in [6.45, 7) is 0. The highest BCUT2D eigenvalue weighted by molar-refractivity contribution is 9.07. The van der Waals surface area contributed by atoms with Gasteiger partial charge in [-0.3, -0.25) is 0 Å². The summed E-state index contributed by atoms with van der Waals surface area (Å²) in [6, 6.07) is 11.6. The maximum absolute atomic E-state index is 2.46. The van der Waals surface area contributed by atoms with Crippen LogP contribution >= 0.6 is 101 Å². The summed E-state index contributed by atoms with van der Waals surface area (Å²) >= 11 is 20.8. The second-order valence-corrected chi connectivity index (χ2v) is 84.9. The lowest BCUT2D eigenvalue weighted by molar-refractivity contribution is 1.77. The fraction of sp³-hybridized carbons (Fsp3) is 0.600. The fourth-order valence-corrected chi connectivity index (χ4v) is 294. The van der Waals surface area contributed by atoms with Crippen molar-refractivity contribution in [1.82, 2.24) is 0 Å². The van der Waals surface area contributed by atoms with Crippen LogP contribution in [0.1, 0.15) is 0 Å². The molecule has 0 heterocycles. The summed E-state index contributed by atoms with van der Waals surface area (Å²) in [5, 5.41) is -3.41. The van der Waals surface area contributed by atoms with Gasteiger partial charge in [-0.2, -0.15) is 101 Å². The van der Waals surface area contributed by atoms with E-state index in [4.69, 9.17) is 0 Å². The first-order valence-electron chi connectivity index (χ1n) is 8.67. The van der Waals surface area contributed by atoms with Crippen LogP contribution in [0, 0.1) is 0 Å². The van der Waals surface area contributed by atoms with Gasteiger partial charge in [-0.25, -0.2) is 0 Å². The SMILES string of the molecule is CS[Si](SC)(SC)[Si]([Si]c1ccccc1)([Si](SC)(SC)SC)[Si](SC)(SC)SC. The standard InChI is InChI=1S/C15H32S9Si5/c1-16-26(17-2,18-3)29(27(19-4,20-5)21-6,28(22-7,23-8)24-9)25-15-13-11-10-12-14-15/h10-14H,1-9H3. The van der Waals surface area contributed by atoms with E-state index >= 15 is 0 Å². The molecule has 0 aromatic heterocycles. The molecule has 1 rings (SSSR count). The second-order valence-electron chi connectivity index (χ2n) is 5.75. The Kier molecular flexibility index (Phi) is 14.8. The minimum Gasteiger partial charge on any atom is -0.169 e. The summed E-state index contributed by atoms with van der Waals surface area (Å²) in [6.07, 6.45) is 20.3. The molecule has 29 heavy (non-hydrogen) atoms. The first-order chi connectivity index (χ1) is 13.9. The molecule has 0 fully saturated rings. The van der Waals surface area contributed by atoms with Gasteiger partial charge in [-0.15, -0.1) is 0 Å². The molecule has 0 aliphatic carbocycles. The van der Waals surface area contributed by atoms with Crippen molar-refractivity contribution in [1.29, 1.82) is 0 Å². The fourth-order valence-electron chi connectivity index (χ4n) is 3.66. The topological polar surface area (TPSA) is 0 Å². The first-order valence-corrected chi connectivity index (χ1v) is 39.2. The lowest BCUT2D eigenvalue weighted by Gasteiger charge is -2.58. The zero-order valence-electron chi connectivity index (χ0n) is 18.6. The van der Waals surface area contributed by atoms with E-state index in [2.05, 4.69) is 188 Å². The molecule has 0 N–H and O–H groups in total. The predicted molar refractivity (Wildman–Crippen MR) is 176 cm³/mol. The van der Waals surface area contributed by atoms with E-state index < -0.39 is 21.3 Å². The van der Waals surface area contributed by atoms with Gasteiger partial charge in [0.15, 0.2) is 0 Å². The third-order valence-electron chi connectivity index (χ3n) is 4.90. The van der Waals surface area contributed by atoms with Gasteiger partial charge in [0.2, 0.25) is 15.1 Å². The summed E-state index contributed by atoms with van der Waals surface area (Å²) in [7, 11) is 1.02. The molecule has 166 valence electrons. The average Bonchev–Trinajstić information content (AvgIpc) is 2.79. The average molecular weight is 641 g/mol. The van der Waals surface area contributed by atoms with Crippen molar-refractivity contribution >= 4 is 136 Å². The van der Waals surface area contributed by atoms with Crippen LogP contribution in [0.3, 0.4) is 0 Å². The molecule has 2 radical (unpaired) electrons. The normalized spacial score (nSPS) is 13.7. The van der Waals surface area contributed by atoms with Crippen LogP contribution in [0.15, 0.2) is 30.3 Å². The minimum absolute atomic E-state index is 1.02. The highest BCUT2D eigenvalue weighted by atomic mass is 32.9. The second kappa shape index (κ2) is 14.1. The Morgan fingerprint density at radius 3 is 1.00 bits per heavy atom. The number of hydrogen-bond donors (Lipinski definition) is 0. The Morgan fingerprint density at radius 1 is 0.483 bits per heavy atom. The Balaban J connectivity index is 4.15. The van der Waals surface area contributed by atoms with E-state index in [0.29, 0.717) is 0 Å². The van der Waals surface area contributed by atoms with Crippen molar-refractivity contribution in [2.45, 2.75) is 0 Å². The van der Waals surface area contributed by atoms with E-state index in [1.54, 1.807) is 5.19 Å².